The summed E-state index contributed by atoms with van der Waals surface area (Å²) < 4.78 is 5.51. The Morgan fingerprint density at radius 2 is 1.95 bits per heavy atom. The maximum absolute atomic E-state index is 12.3. The fourth-order valence-corrected chi connectivity index (χ4v) is 3.38. The number of ether oxygens (including phenoxy) is 1. The fourth-order valence-electron chi connectivity index (χ4n) is 3.28. The van der Waals surface area contributed by atoms with Crippen molar-refractivity contribution in [2.24, 2.45) is 0 Å². The van der Waals surface area contributed by atoms with E-state index >= 15 is 0 Å². The summed E-state index contributed by atoms with van der Waals surface area (Å²) in [5.41, 5.74) is -0.463. The van der Waals surface area contributed by atoms with Gasteiger partial charge in [-0.05, 0) is 45.7 Å². The molecule has 0 unspecified atom stereocenters. The number of halogens is 1. The average Bonchev–Trinajstić information content (AvgIpc) is 2.98. The standard InChI is InChI=1S/C15H21ClN4O2/c1-15(2,3)22-14(21)20-9-7-10-11(20)6-8-19(10)13-5-4-12(16)17-18-13/h4-5,10-11H,6-9H2,1-3H3/t10-,11-/m0/s1. The minimum atomic E-state index is -0.463. The first-order chi connectivity index (χ1) is 10.3. The smallest absolute Gasteiger partial charge is 0.410 e. The fraction of sp³-hybridized carbons (Fsp3) is 0.667. The average molecular weight is 325 g/mol. The van der Waals surface area contributed by atoms with Crippen LogP contribution < -0.4 is 4.90 Å². The highest BCUT2D eigenvalue weighted by molar-refractivity contribution is 6.29. The topological polar surface area (TPSA) is 58.6 Å². The normalized spacial score (nSPS) is 24.5. The number of likely N-dealkylation sites (tertiary alicyclic amines) is 1. The summed E-state index contributed by atoms with van der Waals surface area (Å²) in [6.07, 6.45) is 1.63. The molecule has 0 saturated carbocycles. The molecule has 1 aromatic heterocycles. The van der Waals surface area contributed by atoms with Gasteiger partial charge in [0.15, 0.2) is 11.0 Å². The van der Waals surface area contributed by atoms with Crippen LogP contribution in [0.3, 0.4) is 0 Å². The summed E-state index contributed by atoms with van der Waals surface area (Å²) in [6, 6.07) is 4.10. The first-order valence-electron chi connectivity index (χ1n) is 7.61. The van der Waals surface area contributed by atoms with Crippen molar-refractivity contribution >= 4 is 23.5 Å². The third-order valence-electron chi connectivity index (χ3n) is 4.12. The number of rotatable bonds is 1. The molecule has 2 aliphatic heterocycles. The van der Waals surface area contributed by atoms with Gasteiger partial charge in [-0.1, -0.05) is 11.6 Å². The Balaban J connectivity index is 1.71. The van der Waals surface area contributed by atoms with E-state index in [0.29, 0.717) is 5.15 Å². The molecule has 0 N–H and O–H groups in total. The predicted molar refractivity (Wildman–Crippen MR) is 84.1 cm³/mol. The lowest BCUT2D eigenvalue weighted by Gasteiger charge is -2.28. The highest BCUT2D eigenvalue weighted by atomic mass is 35.5. The van der Waals surface area contributed by atoms with Gasteiger partial charge in [-0.15, -0.1) is 10.2 Å². The van der Waals surface area contributed by atoms with Crippen molar-refractivity contribution in [1.82, 2.24) is 15.1 Å². The van der Waals surface area contributed by atoms with Crippen LogP contribution in [0.1, 0.15) is 33.6 Å². The molecule has 6 nitrogen and oxygen atoms in total. The Morgan fingerprint density at radius 3 is 2.59 bits per heavy atom. The lowest BCUT2D eigenvalue weighted by Crippen LogP contribution is -2.42. The van der Waals surface area contributed by atoms with Crippen LogP contribution in [0, 0.1) is 0 Å². The van der Waals surface area contributed by atoms with Gasteiger partial charge in [-0.25, -0.2) is 4.79 Å². The minimum Gasteiger partial charge on any atom is -0.444 e. The number of amides is 1. The number of hydrogen-bond donors (Lipinski definition) is 0. The molecule has 0 aromatic carbocycles. The molecule has 1 amide bonds. The van der Waals surface area contributed by atoms with Crippen LogP contribution in [0.15, 0.2) is 12.1 Å². The third kappa shape index (κ3) is 2.97. The Hall–Kier alpha value is -1.56. The lowest BCUT2D eigenvalue weighted by molar-refractivity contribution is 0.0228. The summed E-state index contributed by atoms with van der Waals surface area (Å²) in [4.78, 5) is 16.4. The van der Waals surface area contributed by atoms with E-state index in [1.54, 1.807) is 6.07 Å². The molecular formula is C15H21ClN4O2. The third-order valence-corrected chi connectivity index (χ3v) is 4.32. The van der Waals surface area contributed by atoms with Crippen LogP contribution in [0.5, 0.6) is 0 Å². The SMILES string of the molecule is CC(C)(C)OC(=O)N1CC[C@H]2[C@@H]1CCN2c1ccc(Cl)nn1. The van der Waals surface area contributed by atoms with E-state index in [9.17, 15) is 4.79 Å². The van der Waals surface area contributed by atoms with Gasteiger partial charge >= 0.3 is 6.09 Å². The second-order valence-electron chi connectivity index (χ2n) is 6.79. The number of aromatic nitrogens is 2. The van der Waals surface area contributed by atoms with Crippen LogP contribution in [-0.4, -0.2) is 52.0 Å². The quantitative estimate of drug-likeness (QED) is 0.795. The van der Waals surface area contributed by atoms with Crippen LogP contribution >= 0.6 is 11.6 Å². The number of hydrogen-bond acceptors (Lipinski definition) is 5. The molecule has 7 heteroatoms. The summed E-state index contributed by atoms with van der Waals surface area (Å²) in [7, 11) is 0. The molecule has 0 radical (unpaired) electrons. The Labute approximate surface area is 135 Å². The van der Waals surface area contributed by atoms with Gasteiger partial charge in [0, 0.05) is 13.1 Å². The minimum absolute atomic E-state index is 0.187. The van der Waals surface area contributed by atoms with E-state index < -0.39 is 5.60 Å². The Bertz CT molecular complexity index is 558. The van der Waals surface area contributed by atoms with Gasteiger partial charge in [0.1, 0.15) is 5.60 Å². The number of anilines is 1. The lowest BCUT2D eigenvalue weighted by atomic mass is 10.1. The number of nitrogens with zero attached hydrogens (tertiary/aromatic N) is 4. The molecule has 0 spiro atoms. The van der Waals surface area contributed by atoms with E-state index in [-0.39, 0.29) is 18.2 Å². The van der Waals surface area contributed by atoms with E-state index in [1.165, 1.54) is 0 Å². The molecule has 2 atom stereocenters. The summed E-state index contributed by atoms with van der Waals surface area (Å²) in [6.45, 7) is 7.26. The zero-order valence-electron chi connectivity index (χ0n) is 13.1. The zero-order valence-corrected chi connectivity index (χ0v) is 13.9. The van der Waals surface area contributed by atoms with Crippen LogP contribution in [-0.2, 0) is 4.74 Å². The summed E-state index contributed by atoms with van der Waals surface area (Å²) in [5, 5.41) is 8.46. The van der Waals surface area contributed by atoms with Crippen molar-refractivity contribution < 1.29 is 9.53 Å². The van der Waals surface area contributed by atoms with Gasteiger partial charge in [0.25, 0.3) is 0 Å². The van der Waals surface area contributed by atoms with Crippen molar-refractivity contribution in [2.45, 2.75) is 51.3 Å². The van der Waals surface area contributed by atoms with Gasteiger partial charge in [0.2, 0.25) is 0 Å². The molecule has 2 saturated heterocycles. The molecule has 2 aliphatic rings. The first kappa shape index (κ1) is 15.3. The van der Waals surface area contributed by atoms with Crippen LogP contribution in [0.25, 0.3) is 0 Å². The maximum atomic E-state index is 12.3. The molecule has 22 heavy (non-hydrogen) atoms. The number of fused-ring (bicyclic) bond motifs is 1. The van der Waals surface area contributed by atoms with Crippen molar-refractivity contribution in [2.75, 3.05) is 18.0 Å². The Morgan fingerprint density at radius 1 is 1.23 bits per heavy atom. The first-order valence-corrected chi connectivity index (χ1v) is 7.98. The van der Waals surface area contributed by atoms with Crippen LogP contribution in [0.2, 0.25) is 5.15 Å². The monoisotopic (exact) mass is 324 g/mol. The molecule has 2 fully saturated rings. The highest BCUT2D eigenvalue weighted by Crippen LogP contribution is 2.35. The summed E-state index contributed by atoms with van der Waals surface area (Å²) >= 11 is 5.79. The van der Waals surface area contributed by atoms with Gasteiger partial charge in [-0.2, -0.15) is 0 Å². The highest BCUT2D eigenvalue weighted by Gasteiger charge is 2.46. The molecule has 1 aromatic rings. The maximum Gasteiger partial charge on any atom is 0.410 e. The molecule has 3 heterocycles. The van der Waals surface area contributed by atoms with Gasteiger partial charge in [0.05, 0.1) is 12.1 Å². The van der Waals surface area contributed by atoms with Crippen molar-refractivity contribution in [3.63, 3.8) is 0 Å². The predicted octanol–water partition coefficient (Wildman–Crippen LogP) is 2.72. The molecule has 0 aliphatic carbocycles. The Kier molecular flexibility index (Phi) is 3.89. The van der Waals surface area contributed by atoms with Crippen molar-refractivity contribution in [3.8, 4) is 0 Å². The molecular weight excluding hydrogens is 304 g/mol. The van der Waals surface area contributed by atoms with Gasteiger partial charge in [-0.3, -0.25) is 0 Å². The van der Waals surface area contributed by atoms with E-state index in [4.69, 9.17) is 16.3 Å². The summed E-state index contributed by atoms with van der Waals surface area (Å²) in [5.74, 6) is 0.822. The van der Waals surface area contributed by atoms with Crippen molar-refractivity contribution in [1.29, 1.82) is 0 Å². The second-order valence-corrected chi connectivity index (χ2v) is 7.18. The number of carbonyl (C=O) groups excluding carboxylic acids is 1. The van der Waals surface area contributed by atoms with E-state index in [2.05, 4.69) is 15.1 Å². The molecule has 3 rings (SSSR count). The molecule has 0 bridgehead atoms. The van der Waals surface area contributed by atoms with Crippen LogP contribution in [0.4, 0.5) is 10.6 Å². The second kappa shape index (κ2) is 5.57. The zero-order chi connectivity index (χ0) is 15.9. The van der Waals surface area contributed by atoms with Gasteiger partial charge < -0.3 is 14.5 Å². The number of carbonyl (C=O) groups is 1. The molecule has 120 valence electrons. The van der Waals surface area contributed by atoms with Crippen molar-refractivity contribution in [3.05, 3.63) is 17.3 Å². The largest absolute Gasteiger partial charge is 0.444 e. The van der Waals surface area contributed by atoms with E-state index in [0.717, 1.165) is 31.7 Å². The van der Waals surface area contributed by atoms with E-state index in [1.807, 2.05) is 31.7 Å².